The van der Waals surface area contributed by atoms with E-state index < -0.39 is 29.7 Å². The molecule has 4 aromatic heterocycles. The predicted octanol–water partition coefficient (Wildman–Crippen LogP) is 9.21. The van der Waals surface area contributed by atoms with Crippen molar-refractivity contribution in [3.63, 3.8) is 0 Å². The number of carboxylic acid groups (broad SMARTS) is 3. The second-order valence-corrected chi connectivity index (χ2v) is 18.6. The number of nitrogens with one attached hydrogen (secondary N) is 3. The van der Waals surface area contributed by atoms with Crippen LogP contribution in [0.5, 0.6) is 0 Å². The average molecular weight is 1540 g/mol. The minimum atomic E-state index is -1.13. The largest absolute Gasteiger partial charge is 0.478 e. The Morgan fingerprint density at radius 3 is 1.01 bits per heavy atom. The van der Waals surface area contributed by atoms with E-state index in [9.17, 15) is 28.8 Å². The fourth-order valence-corrected chi connectivity index (χ4v) is 8.53. The molecule has 27 nitrogen and oxygen atoms in total. The molecule has 8 N–H and O–H groups in total. The molecule has 0 atom stereocenters. The van der Waals surface area contributed by atoms with Crippen LogP contribution < -0.4 is 22.1 Å². The zero-order valence-corrected chi connectivity index (χ0v) is 55.5. The smallest absolute Gasteiger partial charge is 0.373 e. The number of aromatic nitrogens is 5. The molecule has 0 saturated carbocycles. The fourth-order valence-electron chi connectivity index (χ4n) is 8.53. The number of rotatable bonds is 11. The van der Waals surface area contributed by atoms with E-state index in [1.165, 1.54) is 36.4 Å². The van der Waals surface area contributed by atoms with Crippen molar-refractivity contribution in [2.45, 2.75) is 49.0 Å². The van der Waals surface area contributed by atoms with Crippen LogP contribution in [-0.2, 0) is 38.4 Å². The summed E-state index contributed by atoms with van der Waals surface area (Å²) in [5.74, 6) is 1.41. The molecule has 0 spiro atoms. The maximum Gasteiger partial charge on any atom is 0.373 e. The second kappa shape index (κ2) is 43.4. The molecule has 3 amide bonds. The van der Waals surface area contributed by atoms with E-state index in [4.69, 9.17) is 65.3 Å². The Labute approximate surface area is 574 Å². The Balaban J connectivity index is 0.00000123. The van der Waals surface area contributed by atoms with Crippen molar-refractivity contribution in [2.75, 3.05) is 0 Å². The first kappa shape index (κ1) is 81.7. The van der Waals surface area contributed by atoms with Gasteiger partial charge >= 0.3 is 42.5 Å². The zero-order chi connectivity index (χ0) is 71.2. The number of hydrogen-bond donors (Lipinski definition) is 7. The van der Waals surface area contributed by atoms with E-state index >= 15 is 0 Å². The first-order chi connectivity index (χ1) is 45.5. The molecule has 10 aromatic rings. The van der Waals surface area contributed by atoms with E-state index in [1.54, 1.807) is 66.7 Å². The number of benzene rings is 6. The SMILES string of the molecule is C.Cc1ccc(C)n1-c1cccc(-c2nnc(-c3cccc(C(=O)O)c3)o2)c1.Cc1ccc(C)n1-c1cccc(C(=O)NN)c1.Cc1ccc(C)n1-c1cccc(C(=O)NNC(=O)c2cccc(C(=O)O)c2)c1.O=C(O)c1ccccc1.O=C=O.O=C=O.O=C=O.O=C=O.[3H][CH2-].[U]. The molecule has 0 radical (unpaired) electrons. The number of hydrazine groups is 2. The third-order valence-electron chi connectivity index (χ3n) is 12.5. The molecule has 0 bridgehead atoms. The summed E-state index contributed by atoms with van der Waals surface area (Å²) in [4.78, 5) is 133. The van der Waals surface area contributed by atoms with Crippen LogP contribution in [0.15, 0.2) is 192 Å². The molecule has 0 aliphatic carbocycles. The summed E-state index contributed by atoms with van der Waals surface area (Å²) >= 11 is 0. The predicted molar refractivity (Wildman–Crippen MR) is 338 cm³/mol. The molecule has 0 unspecified atom stereocenters. The number of aryl methyl sites for hydroxylation is 6. The van der Waals surface area contributed by atoms with Crippen molar-refractivity contribution >= 4 is 60.2 Å². The third-order valence-corrected chi connectivity index (χ3v) is 12.5. The molecule has 0 saturated heterocycles. The molecule has 6 aromatic carbocycles. The van der Waals surface area contributed by atoms with Crippen molar-refractivity contribution in [3.05, 3.63) is 263 Å². The van der Waals surface area contributed by atoms with Gasteiger partial charge in [-0.25, -0.2) is 21.6 Å². The summed E-state index contributed by atoms with van der Waals surface area (Å²) in [6.45, 7) is 12.1. The van der Waals surface area contributed by atoms with Crippen LogP contribution in [0.4, 0.5) is 0 Å². The number of carbonyl (C=O) groups is 6. The number of hydrogen-bond acceptors (Lipinski definition) is 18. The van der Waals surface area contributed by atoms with Gasteiger partial charge in [-0.05, 0) is 181 Å². The molecular weight excluding hydrogens is 1470 g/mol. The van der Waals surface area contributed by atoms with E-state index in [-0.39, 0.29) is 91.6 Å². The summed E-state index contributed by atoms with van der Waals surface area (Å²) in [6.07, 6.45) is 1.00. The fraction of sp³-hybridized carbons (Fsp3) is 0.103. The van der Waals surface area contributed by atoms with E-state index in [0.29, 0.717) is 28.1 Å². The number of amides is 3. The van der Waals surface area contributed by atoms with Crippen LogP contribution in [0.1, 0.15) is 105 Å². The van der Waals surface area contributed by atoms with Gasteiger partial charge in [0.05, 0.1) is 16.7 Å². The Bertz CT molecular complexity index is 4260. The summed E-state index contributed by atoms with van der Waals surface area (Å²) in [5, 5.41) is 34.7. The van der Waals surface area contributed by atoms with Crippen molar-refractivity contribution in [3.8, 4) is 40.0 Å². The Kier molecular flexibility index (Phi) is 36.9. The van der Waals surface area contributed by atoms with Gasteiger partial charge in [0.1, 0.15) is 0 Å². The average Bonchev–Trinajstić information content (AvgIpc) is 1.72. The summed E-state index contributed by atoms with van der Waals surface area (Å²) in [7, 11) is 2.50. The number of carbonyl (C=O) groups excluding carboxylic acids is 11. The van der Waals surface area contributed by atoms with Gasteiger partial charge in [0, 0.05) is 110 Å². The zero-order valence-electron chi connectivity index (χ0n) is 52.4. The second-order valence-electron chi connectivity index (χ2n) is 18.6. The maximum atomic E-state index is 12.4. The van der Waals surface area contributed by atoms with Crippen LogP contribution in [0, 0.1) is 80.1 Å². The summed E-state index contributed by atoms with van der Waals surface area (Å²) in [5.41, 5.74) is 19.2. The minimum Gasteiger partial charge on any atom is -0.478 e. The first-order valence-electron chi connectivity index (χ1n) is 27.3. The van der Waals surface area contributed by atoms with Gasteiger partial charge in [0.2, 0.25) is 11.8 Å². The van der Waals surface area contributed by atoms with Gasteiger partial charge in [-0.1, -0.05) is 56.0 Å². The molecule has 28 heteroatoms. The third kappa shape index (κ3) is 25.4. The number of nitrogen functional groups attached to an aromatic ring is 1. The van der Waals surface area contributed by atoms with Gasteiger partial charge in [-0.3, -0.25) is 30.7 Å². The molecule has 494 valence electrons. The van der Waals surface area contributed by atoms with Gasteiger partial charge in [-0.2, -0.15) is 38.4 Å². The Hall–Kier alpha value is -12.3. The topological polar surface area (TPSA) is 415 Å². The molecule has 0 fully saturated rings. The monoisotopic (exact) mass is 1530 g/mol. The van der Waals surface area contributed by atoms with Crippen molar-refractivity contribution in [1.29, 1.82) is 0 Å². The molecule has 0 aliphatic heterocycles. The normalized spacial score (nSPS) is 9.15. The summed E-state index contributed by atoms with van der Waals surface area (Å²) < 4.78 is 17.6. The van der Waals surface area contributed by atoms with Crippen molar-refractivity contribution < 1.29 is 119 Å². The summed E-state index contributed by atoms with van der Waals surface area (Å²) in [6, 6.07) is 54.8. The quantitative estimate of drug-likeness (QED) is 0.0274. The molecular formula is C68H64N9O18U-. The van der Waals surface area contributed by atoms with E-state index in [2.05, 4.69) is 69.0 Å². The van der Waals surface area contributed by atoms with E-state index in [1.807, 2.05) is 105 Å². The Morgan fingerprint density at radius 1 is 0.396 bits per heavy atom. The van der Waals surface area contributed by atoms with Crippen LogP contribution in [0.3, 0.4) is 0 Å². The first-order valence-corrected chi connectivity index (χ1v) is 26.6. The molecule has 10 rings (SSSR count). The number of carboxylic acids is 3. The Morgan fingerprint density at radius 2 is 0.667 bits per heavy atom. The minimum absolute atomic E-state index is 0. The number of nitrogens with two attached hydrogens (primary N) is 1. The molecule has 4 heterocycles. The van der Waals surface area contributed by atoms with Crippen LogP contribution in [0.25, 0.3) is 40.0 Å². The van der Waals surface area contributed by atoms with Gasteiger partial charge in [0.25, 0.3) is 17.7 Å². The number of nitrogens with zero attached hydrogens (tertiary/aromatic N) is 5. The van der Waals surface area contributed by atoms with E-state index in [0.717, 1.165) is 56.8 Å². The maximum absolute atomic E-state index is 12.4. The number of aromatic carboxylic acids is 3. The molecule has 0 aliphatic rings. The van der Waals surface area contributed by atoms with Crippen LogP contribution in [-0.4, -0.2) is 99.5 Å². The van der Waals surface area contributed by atoms with Gasteiger partial charge in [0.15, 0.2) is 0 Å². The standard InChI is InChI=1S/C21H19N3O4.C21H17N3O3.C13H15N3O.C7H6O2.4CO2.CH4.CH3.U/c1-13-9-10-14(2)24(13)18-8-4-6-16(12-18)20(26)23-22-19(25)15-5-3-7-17(11-15)21(27)28;1-13-9-10-14(2)24(13)18-8-4-6-16(12-18)20-23-22-19(27-20)15-5-3-7-17(11-15)21(25)26;1-9-6-7-10(2)16(9)12-5-3-4-11(8-12)13(17)15-14;8-7(9)6-4-2-1-3-5-6;4*2-1-3;;;/h3-12H,1-2H3,(H,22,25)(H,23,26)(H,27,28);3-12H,1-2H3,(H,25,26);3-8H,14H2,1-2H3,(H,15,17);1-5H,(H,8,9);;;;;1H4;1H3;/q;;;;;;;;;-1;/i;;;;;;;;;1T;. The van der Waals surface area contributed by atoms with Gasteiger partial charge < -0.3 is 40.8 Å². The van der Waals surface area contributed by atoms with Crippen LogP contribution >= 0.6 is 0 Å². The van der Waals surface area contributed by atoms with Gasteiger partial charge in [-0.15, -0.1) is 10.2 Å². The van der Waals surface area contributed by atoms with Crippen LogP contribution in [0.2, 0.25) is 0 Å². The van der Waals surface area contributed by atoms with Crippen molar-refractivity contribution in [1.82, 2.24) is 40.2 Å². The molecule has 96 heavy (non-hydrogen) atoms. The van der Waals surface area contributed by atoms with Crippen molar-refractivity contribution in [2.24, 2.45) is 5.84 Å².